The predicted octanol–water partition coefficient (Wildman–Crippen LogP) is 0.997. The molecule has 12 heavy (non-hydrogen) atoms. The molecule has 0 aromatic carbocycles. The summed E-state index contributed by atoms with van der Waals surface area (Å²) in [6.45, 7) is 0.334. The van der Waals surface area contributed by atoms with E-state index in [2.05, 4.69) is 5.32 Å². The van der Waals surface area contributed by atoms with Crippen LogP contribution in [0.15, 0.2) is 12.2 Å². The van der Waals surface area contributed by atoms with E-state index < -0.39 is 12.5 Å². The maximum atomic E-state index is 11.7. The van der Waals surface area contributed by atoms with Gasteiger partial charge in [-0.1, -0.05) is 12.2 Å². The molecule has 2 N–H and O–H groups in total. The number of aliphatic hydroxyl groups excluding tert-OH is 1. The second kappa shape index (κ2) is 7.46. The molecule has 1 atom stereocenters. The zero-order chi connectivity index (χ0) is 9.40. The van der Waals surface area contributed by atoms with Gasteiger partial charge < -0.3 is 10.4 Å². The van der Waals surface area contributed by atoms with Crippen LogP contribution in [-0.4, -0.2) is 36.6 Å². The molecule has 0 aromatic rings. The van der Waals surface area contributed by atoms with E-state index in [0.29, 0.717) is 12.4 Å². The minimum Gasteiger partial charge on any atom is -0.386 e. The lowest BCUT2D eigenvalue weighted by molar-refractivity contribution is -0.00275. The van der Waals surface area contributed by atoms with Gasteiger partial charge in [-0.05, 0) is 0 Å². The molecule has 0 amide bonds. The summed E-state index contributed by atoms with van der Waals surface area (Å²) in [5.41, 5.74) is 0. The molecule has 0 bridgehead atoms. The van der Waals surface area contributed by atoms with Crippen molar-refractivity contribution in [2.45, 2.75) is 12.5 Å². The van der Waals surface area contributed by atoms with Crippen LogP contribution in [0.5, 0.6) is 0 Å². The average Bonchev–Trinajstić information content (AvgIpc) is 2.03. The number of hydrogen-bond donors (Lipinski definition) is 2. The number of hydrogen-bond acceptors (Lipinski definition) is 2. The molecule has 1 unspecified atom stereocenters. The first-order chi connectivity index (χ1) is 5.68. The van der Waals surface area contributed by atoms with Gasteiger partial charge in [-0.15, -0.1) is 11.6 Å². The molecular weight excluding hydrogens is 188 g/mol. The summed E-state index contributed by atoms with van der Waals surface area (Å²) in [5.74, 6) is 0.402. The van der Waals surface area contributed by atoms with Crippen molar-refractivity contribution in [2.24, 2.45) is 0 Å². The van der Waals surface area contributed by atoms with Crippen molar-refractivity contribution in [1.29, 1.82) is 0 Å². The number of nitrogens with one attached hydrogen (secondary N) is 1. The fourth-order valence-electron chi connectivity index (χ4n) is 0.550. The molecule has 0 aliphatic heterocycles. The summed E-state index contributed by atoms with van der Waals surface area (Å²) in [6.07, 6.45) is -0.863. The highest BCUT2D eigenvalue weighted by atomic mass is 35.5. The Balaban J connectivity index is 3.25. The Labute approximate surface area is 75.2 Å². The number of aliphatic hydroxyl groups is 1. The van der Waals surface area contributed by atoms with Gasteiger partial charge in [-0.3, -0.25) is 0 Å². The normalized spacial score (nSPS) is 14.4. The first kappa shape index (κ1) is 11.8. The van der Waals surface area contributed by atoms with E-state index in [1.807, 2.05) is 0 Å². The van der Waals surface area contributed by atoms with Crippen molar-refractivity contribution in [3.8, 4) is 0 Å². The van der Waals surface area contributed by atoms with Crippen LogP contribution in [-0.2, 0) is 0 Å². The number of halogens is 3. The molecule has 0 aromatic heterocycles. The number of allylic oxidation sites excluding steroid dienone is 1. The third-order valence-electron chi connectivity index (χ3n) is 1.16. The molecule has 0 saturated carbocycles. The summed E-state index contributed by atoms with van der Waals surface area (Å²) in [6, 6.07) is 0. The van der Waals surface area contributed by atoms with Gasteiger partial charge in [0.2, 0.25) is 0 Å². The van der Waals surface area contributed by atoms with Crippen LogP contribution < -0.4 is 5.32 Å². The van der Waals surface area contributed by atoms with Crippen LogP contribution in [0.2, 0.25) is 0 Å². The van der Waals surface area contributed by atoms with Crippen molar-refractivity contribution >= 4 is 11.6 Å². The topological polar surface area (TPSA) is 32.3 Å². The molecule has 0 aliphatic carbocycles. The van der Waals surface area contributed by atoms with Crippen molar-refractivity contribution in [1.82, 2.24) is 5.32 Å². The molecular formula is C7H12ClF2NO. The summed E-state index contributed by atoms with van der Waals surface area (Å²) < 4.78 is 23.3. The number of rotatable bonds is 6. The lowest BCUT2D eigenvalue weighted by Gasteiger charge is -2.08. The van der Waals surface area contributed by atoms with Crippen LogP contribution in [0.3, 0.4) is 0 Å². The van der Waals surface area contributed by atoms with Crippen LogP contribution in [0.1, 0.15) is 0 Å². The Morgan fingerprint density at radius 3 is 2.58 bits per heavy atom. The molecule has 0 fully saturated rings. The van der Waals surface area contributed by atoms with Gasteiger partial charge in [-0.25, -0.2) is 8.78 Å². The van der Waals surface area contributed by atoms with E-state index in [4.69, 9.17) is 16.7 Å². The predicted molar refractivity (Wildman–Crippen MR) is 44.7 cm³/mol. The van der Waals surface area contributed by atoms with Crippen molar-refractivity contribution in [3.05, 3.63) is 12.2 Å². The van der Waals surface area contributed by atoms with Crippen LogP contribution >= 0.6 is 11.6 Å². The van der Waals surface area contributed by atoms with E-state index in [1.54, 1.807) is 12.2 Å². The third-order valence-corrected chi connectivity index (χ3v) is 1.34. The van der Waals surface area contributed by atoms with E-state index >= 15 is 0 Å². The summed E-state index contributed by atoms with van der Waals surface area (Å²) in [7, 11) is 0. The molecule has 0 aliphatic rings. The van der Waals surface area contributed by atoms with Gasteiger partial charge in [-0.2, -0.15) is 0 Å². The van der Waals surface area contributed by atoms with Crippen molar-refractivity contribution in [2.75, 3.05) is 19.0 Å². The van der Waals surface area contributed by atoms with Gasteiger partial charge in [0, 0.05) is 19.0 Å². The highest BCUT2D eigenvalue weighted by molar-refractivity contribution is 6.18. The molecule has 72 valence electrons. The average molecular weight is 200 g/mol. The Morgan fingerprint density at radius 2 is 2.08 bits per heavy atom. The van der Waals surface area contributed by atoms with Crippen molar-refractivity contribution in [3.63, 3.8) is 0 Å². The van der Waals surface area contributed by atoms with Gasteiger partial charge in [0.05, 0.1) is 0 Å². The SMILES string of the molecule is OC(CNC/C=C/CCl)C(F)F. The third kappa shape index (κ3) is 6.52. The minimum absolute atomic E-state index is 0.107. The molecule has 0 radical (unpaired) electrons. The second-order valence-corrected chi connectivity index (χ2v) is 2.49. The maximum Gasteiger partial charge on any atom is 0.265 e. The van der Waals surface area contributed by atoms with E-state index in [0.717, 1.165) is 0 Å². The van der Waals surface area contributed by atoms with Crippen LogP contribution in [0.4, 0.5) is 8.78 Å². The summed E-state index contributed by atoms with van der Waals surface area (Å²) >= 11 is 5.31. The highest BCUT2D eigenvalue weighted by Gasteiger charge is 2.14. The Morgan fingerprint density at radius 1 is 1.42 bits per heavy atom. The largest absolute Gasteiger partial charge is 0.386 e. The standard InChI is InChI=1S/C7H12ClF2NO/c8-3-1-2-4-11-5-6(12)7(9)10/h1-2,6-7,11-12H,3-5H2/b2-1+. The molecule has 0 spiro atoms. The van der Waals surface area contributed by atoms with Crippen LogP contribution in [0, 0.1) is 0 Å². The lowest BCUT2D eigenvalue weighted by atomic mass is 10.3. The molecule has 0 heterocycles. The molecule has 2 nitrogen and oxygen atoms in total. The van der Waals surface area contributed by atoms with E-state index in [-0.39, 0.29) is 6.54 Å². The fraction of sp³-hybridized carbons (Fsp3) is 0.714. The Hall–Kier alpha value is -0.190. The van der Waals surface area contributed by atoms with Gasteiger partial charge in [0.15, 0.2) is 0 Å². The first-order valence-electron chi connectivity index (χ1n) is 3.56. The maximum absolute atomic E-state index is 11.7. The first-order valence-corrected chi connectivity index (χ1v) is 4.09. The zero-order valence-electron chi connectivity index (χ0n) is 6.51. The molecule has 0 saturated heterocycles. The highest BCUT2D eigenvalue weighted by Crippen LogP contribution is 1.97. The lowest BCUT2D eigenvalue weighted by Crippen LogP contribution is -2.32. The Bertz CT molecular complexity index is 133. The monoisotopic (exact) mass is 199 g/mol. The molecule has 0 rings (SSSR count). The Kier molecular flexibility index (Phi) is 7.34. The van der Waals surface area contributed by atoms with Gasteiger partial charge in [0.25, 0.3) is 6.43 Å². The van der Waals surface area contributed by atoms with Gasteiger partial charge in [0.1, 0.15) is 6.10 Å². The second-order valence-electron chi connectivity index (χ2n) is 2.19. The fourth-order valence-corrected chi connectivity index (χ4v) is 0.676. The van der Waals surface area contributed by atoms with E-state index in [1.165, 1.54) is 0 Å². The minimum atomic E-state index is -2.69. The summed E-state index contributed by atoms with van der Waals surface area (Å²) in [4.78, 5) is 0. The van der Waals surface area contributed by atoms with Gasteiger partial charge >= 0.3 is 0 Å². The van der Waals surface area contributed by atoms with Crippen molar-refractivity contribution < 1.29 is 13.9 Å². The van der Waals surface area contributed by atoms with Crippen LogP contribution in [0.25, 0.3) is 0 Å². The summed E-state index contributed by atoms with van der Waals surface area (Å²) in [5, 5.41) is 11.2. The zero-order valence-corrected chi connectivity index (χ0v) is 7.27. The molecule has 5 heteroatoms. The van der Waals surface area contributed by atoms with E-state index in [9.17, 15) is 8.78 Å². The quantitative estimate of drug-likeness (QED) is 0.380. The number of alkyl halides is 3. The smallest absolute Gasteiger partial charge is 0.265 e.